The first-order valence-corrected chi connectivity index (χ1v) is 9.92. The summed E-state index contributed by atoms with van der Waals surface area (Å²) >= 11 is 12.0. The van der Waals surface area contributed by atoms with Gasteiger partial charge < -0.3 is 26.8 Å². The number of nitrogen functional groups attached to an aromatic ring is 1. The topological polar surface area (TPSA) is 134 Å². The number of carboxylic acids is 1. The minimum absolute atomic E-state index is 0.0291. The minimum Gasteiger partial charge on any atom is -0.480 e. The van der Waals surface area contributed by atoms with Gasteiger partial charge in [0.25, 0.3) is 5.91 Å². The van der Waals surface area contributed by atoms with Crippen LogP contribution in [0.1, 0.15) is 33.9 Å². The molecule has 1 aliphatic carbocycles. The van der Waals surface area contributed by atoms with E-state index in [1.54, 1.807) is 0 Å². The molecule has 2 aromatic rings. The molecule has 0 aliphatic heterocycles. The average Bonchev–Trinajstić information content (AvgIpc) is 3.11. The summed E-state index contributed by atoms with van der Waals surface area (Å²) in [5.41, 5.74) is 7.90. The molecule has 2 atom stereocenters. The first-order valence-electron chi connectivity index (χ1n) is 9.17. The molecular formula is C20H20Cl2N4O4. The molecule has 0 bridgehead atoms. The van der Waals surface area contributed by atoms with Gasteiger partial charge in [-0.2, -0.15) is 0 Å². The molecule has 8 nitrogen and oxygen atoms in total. The van der Waals surface area contributed by atoms with Crippen LogP contribution in [0.15, 0.2) is 36.4 Å². The van der Waals surface area contributed by atoms with Crippen molar-refractivity contribution in [1.82, 2.24) is 16.0 Å². The Labute approximate surface area is 182 Å². The molecule has 30 heavy (non-hydrogen) atoms. The van der Waals surface area contributed by atoms with Crippen LogP contribution < -0.4 is 21.7 Å². The summed E-state index contributed by atoms with van der Waals surface area (Å²) in [5, 5.41) is 17.0. The van der Waals surface area contributed by atoms with Crippen molar-refractivity contribution in [2.75, 3.05) is 12.3 Å². The standard InChI is InChI=1S/C20H20Cl2N4O4/c21-12-6-7-13(23)17(22)16(12)18(27)25-15(19(28)29)9-24-20(30)26-14-8-5-10-3-1-2-4-11(10)14/h1-4,6-7,14-15H,5,8-9,23H2,(H,25,27)(H,28,29)(H2,24,26,30)/t14-,15+/m1/s1. The van der Waals surface area contributed by atoms with Gasteiger partial charge in [-0.05, 0) is 36.1 Å². The summed E-state index contributed by atoms with van der Waals surface area (Å²) in [6, 6.07) is 8.56. The molecule has 0 radical (unpaired) electrons. The molecule has 0 aromatic heterocycles. The van der Waals surface area contributed by atoms with Crippen molar-refractivity contribution in [1.29, 1.82) is 0 Å². The molecule has 6 N–H and O–H groups in total. The highest BCUT2D eigenvalue weighted by Gasteiger charge is 2.26. The van der Waals surface area contributed by atoms with Gasteiger partial charge in [0.1, 0.15) is 6.04 Å². The van der Waals surface area contributed by atoms with Crippen LogP contribution in [0.3, 0.4) is 0 Å². The fourth-order valence-corrected chi connectivity index (χ4v) is 3.86. The quantitative estimate of drug-likeness (QED) is 0.431. The zero-order chi connectivity index (χ0) is 21.8. The van der Waals surface area contributed by atoms with Gasteiger partial charge in [0, 0.05) is 0 Å². The van der Waals surface area contributed by atoms with Crippen LogP contribution in [0.5, 0.6) is 0 Å². The summed E-state index contributed by atoms with van der Waals surface area (Å²) in [6.45, 7) is -0.334. The molecular weight excluding hydrogens is 431 g/mol. The minimum atomic E-state index is -1.40. The zero-order valence-electron chi connectivity index (χ0n) is 15.7. The number of aliphatic carboxylic acids is 1. The second-order valence-electron chi connectivity index (χ2n) is 6.83. The van der Waals surface area contributed by atoms with Crippen molar-refractivity contribution in [2.45, 2.75) is 24.9 Å². The number of benzene rings is 2. The Morgan fingerprint density at radius 2 is 1.90 bits per heavy atom. The summed E-state index contributed by atoms with van der Waals surface area (Å²) in [6.07, 6.45) is 1.62. The lowest BCUT2D eigenvalue weighted by Gasteiger charge is -2.19. The number of nitrogens with one attached hydrogen (secondary N) is 3. The van der Waals surface area contributed by atoms with Crippen LogP contribution in [0.2, 0.25) is 10.0 Å². The van der Waals surface area contributed by atoms with E-state index in [0.29, 0.717) is 0 Å². The van der Waals surface area contributed by atoms with Gasteiger partial charge in [0.15, 0.2) is 0 Å². The van der Waals surface area contributed by atoms with Crippen LogP contribution in [0, 0.1) is 0 Å². The lowest BCUT2D eigenvalue weighted by Crippen LogP contribution is -2.50. The van der Waals surface area contributed by atoms with Crippen molar-refractivity contribution in [3.63, 3.8) is 0 Å². The van der Waals surface area contributed by atoms with Gasteiger partial charge in [0.05, 0.1) is 33.9 Å². The Morgan fingerprint density at radius 1 is 1.17 bits per heavy atom. The van der Waals surface area contributed by atoms with Crippen LogP contribution in [-0.2, 0) is 11.2 Å². The van der Waals surface area contributed by atoms with Crippen LogP contribution >= 0.6 is 23.2 Å². The molecule has 3 amide bonds. The maximum Gasteiger partial charge on any atom is 0.328 e. The van der Waals surface area contributed by atoms with Gasteiger partial charge in [-0.15, -0.1) is 0 Å². The highest BCUT2D eigenvalue weighted by Crippen LogP contribution is 2.31. The molecule has 0 spiro atoms. The second kappa shape index (κ2) is 9.23. The number of hydrogen-bond donors (Lipinski definition) is 5. The summed E-state index contributed by atoms with van der Waals surface area (Å²) in [4.78, 5) is 36.3. The first kappa shape index (κ1) is 21.7. The molecule has 0 heterocycles. The molecule has 0 saturated heterocycles. The van der Waals surface area contributed by atoms with Gasteiger partial charge in [-0.1, -0.05) is 47.5 Å². The monoisotopic (exact) mass is 450 g/mol. The number of anilines is 1. The molecule has 0 unspecified atom stereocenters. The lowest BCUT2D eigenvalue weighted by molar-refractivity contribution is -0.139. The van der Waals surface area contributed by atoms with Crippen molar-refractivity contribution < 1.29 is 19.5 Å². The Hall–Kier alpha value is -2.97. The number of nitrogens with two attached hydrogens (primary N) is 1. The predicted molar refractivity (Wildman–Crippen MR) is 114 cm³/mol. The Bertz CT molecular complexity index is 999. The van der Waals surface area contributed by atoms with E-state index in [0.717, 1.165) is 18.4 Å². The second-order valence-corrected chi connectivity index (χ2v) is 7.62. The zero-order valence-corrected chi connectivity index (χ0v) is 17.3. The normalized spacial score (nSPS) is 15.7. The number of amides is 3. The Kier molecular flexibility index (Phi) is 6.69. The van der Waals surface area contributed by atoms with Crippen molar-refractivity contribution >= 4 is 46.8 Å². The van der Waals surface area contributed by atoms with E-state index in [2.05, 4.69) is 16.0 Å². The third-order valence-corrected chi connectivity index (χ3v) is 5.58. The van der Waals surface area contributed by atoms with Gasteiger partial charge in [-0.3, -0.25) is 4.79 Å². The highest BCUT2D eigenvalue weighted by molar-refractivity contribution is 6.41. The third-order valence-electron chi connectivity index (χ3n) is 4.86. The van der Waals surface area contributed by atoms with Crippen molar-refractivity contribution in [3.05, 3.63) is 63.1 Å². The summed E-state index contributed by atoms with van der Waals surface area (Å²) in [5.74, 6) is -2.14. The van der Waals surface area contributed by atoms with E-state index in [1.165, 1.54) is 17.7 Å². The van der Waals surface area contributed by atoms with Crippen molar-refractivity contribution in [3.8, 4) is 0 Å². The average molecular weight is 451 g/mol. The number of aryl methyl sites for hydroxylation is 1. The van der Waals surface area contributed by atoms with Crippen molar-refractivity contribution in [2.24, 2.45) is 0 Å². The largest absolute Gasteiger partial charge is 0.480 e. The SMILES string of the molecule is Nc1ccc(Cl)c(C(=O)N[C@@H](CNC(=O)N[C@@H]2CCc3ccccc32)C(=O)O)c1Cl. The molecule has 0 fully saturated rings. The molecule has 1 aliphatic rings. The number of carbonyl (C=O) groups is 3. The first-order chi connectivity index (χ1) is 14.3. The smallest absolute Gasteiger partial charge is 0.328 e. The number of urea groups is 1. The number of rotatable bonds is 6. The van der Waals surface area contributed by atoms with E-state index >= 15 is 0 Å². The summed E-state index contributed by atoms with van der Waals surface area (Å²) in [7, 11) is 0. The number of fused-ring (bicyclic) bond motifs is 1. The third kappa shape index (κ3) is 4.77. The van der Waals surface area contributed by atoms with Gasteiger partial charge >= 0.3 is 12.0 Å². The van der Waals surface area contributed by atoms with E-state index < -0.39 is 23.9 Å². The van der Waals surface area contributed by atoms with E-state index in [9.17, 15) is 19.5 Å². The predicted octanol–water partition coefficient (Wildman–Crippen LogP) is 2.75. The molecule has 0 saturated carbocycles. The maximum absolute atomic E-state index is 12.5. The molecule has 3 rings (SSSR count). The number of hydrogen-bond acceptors (Lipinski definition) is 4. The van der Waals surface area contributed by atoms with E-state index in [4.69, 9.17) is 28.9 Å². The number of carbonyl (C=O) groups excluding carboxylic acids is 2. The van der Waals surface area contributed by atoms with Crippen LogP contribution in [0.4, 0.5) is 10.5 Å². The summed E-state index contributed by atoms with van der Waals surface area (Å²) < 4.78 is 0. The van der Waals surface area contributed by atoms with Crippen LogP contribution in [0.25, 0.3) is 0 Å². The van der Waals surface area contributed by atoms with Crippen LogP contribution in [-0.4, -0.2) is 35.6 Å². The molecule has 10 heteroatoms. The van der Waals surface area contributed by atoms with Gasteiger partial charge in [-0.25, -0.2) is 9.59 Å². The molecule has 2 aromatic carbocycles. The highest BCUT2D eigenvalue weighted by atomic mass is 35.5. The molecule has 158 valence electrons. The number of carboxylic acid groups (broad SMARTS) is 1. The van der Waals surface area contributed by atoms with E-state index in [1.807, 2.05) is 24.3 Å². The Morgan fingerprint density at radius 3 is 2.63 bits per heavy atom. The fourth-order valence-electron chi connectivity index (χ4n) is 3.32. The van der Waals surface area contributed by atoms with Gasteiger partial charge in [0.2, 0.25) is 0 Å². The Balaban J connectivity index is 1.60. The number of halogens is 2. The fraction of sp³-hybridized carbons (Fsp3) is 0.250. The van der Waals surface area contributed by atoms with E-state index in [-0.39, 0.29) is 33.9 Å². The lowest BCUT2D eigenvalue weighted by atomic mass is 10.1. The maximum atomic E-state index is 12.5.